The summed E-state index contributed by atoms with van der Waals surface area (Å²) in [6, 6.07) is 16.3. The molecule has 27 heteroatoms. The van der Waals surface area contributed by atoms with E-state index in [-0.39, 0.29) is 79.8 Å². The molecule has 6 N–H and O–H groups in total. The summed E-state index contributed by atoms with van der Waals surface area (Å²) in [5, 5.41) is 9.17. The summed E-state index contributed by atoms with van der Waals surface area (Å²) >= 11 is 0. The van der Waals surface area contributed by atoms with Crippen molar-refractivity contribution in [1.82, 2.24) is 41.9 Å². The van der Waals surface area contributed by atoms with E-state index in [0.717, 1.165) is 31.9 Å². The number of aryl methyl sites for hydroxylation is 2. The van der Waals surface area contributed by atoms with Gasteiger partial charge in [0.15, 0.2) is 22.9 Å². The Morgan fingerprint density at radius 1 is 0.595 bits per heavy atom. The standard InChI is InChI=1S/C26H36N6O5S2.C13H13N5O2S.C13H25NO4S/c1-5-20-14-19(17-38(34,35)31(6-2)7-3)15-22(20)26(33)30-29-24-16-27-25-23(28-24)12-13-32(25)39(36,37)21-10-8-18(4)9-11-21;1-9-2-4-10(5-3-9)21(19,20)18-7-6-11-13(18)15-8-12(16-11)17-14;1-4-11-7-10(8-12(11)13(15)16)9-19(17,18)14(5-2)6-3/h8-13,16,19-20,22H,5-7,14-15,17H2,1-4H3,(H,28,29)(H,30,33);2-8H,14H2,1H3,(H,16,17);10-12H,4-9H2,1-3H3,(H,15,16). The third-order valence-corrected chi connectivity index (χ3v) is 22.5. The summed E-state index contributed by atoms with van der Waals surface area (Å²) in [7, 11) is -14.2. The number of hydrogen-bond donors (Lipinski definition) is 5. The van der Waals surface area contributed by atoms with Crippen LogP contribution in [0.5, 0.6) is 0 Å². The lowest BCUT2D eigenvalue weighted by molar-refractivity contribution is -0.143. The first-order chi connectivity index (χ1) is 37.4. The fraction of sp³-hybridized carbons (Fsp3) is 0.500. The number of nitrogen functional groups attached to an aromatic ring is 1. The average Bonchev–Trinajstić information content (AvgIpc) is 4.30. The van der Waals surface area contributed by atoms with Gasteiger partial charge in [0, 0.05) is 44.5 Å². The van der Waals surface area contributed by atoms with Gasteiger partial charge in [-0.1, -0.05) is 89.8 Å². The number of amides is 1. The third-order valence-electron chi connectivity index (χ3n) is 14.7. The Morgan fingerprint density at radius 2 is 0.987 bits per heavy atom. The lowest BCUT2D eigenvalue weighted by Gasteiger charge is -2.20. The van der Waals surface area contributed by atoms with Crippen LogP contribution < -0.4 is 22.1 Å². The Morgan fingerprint density at radius 3 is 1.37 bits per heavy atom. The van der Waals surface area contributed by atoms with E-state index >= 15 is 0 Å². The number of sulfonamides is 2. The Balaban J connectivity index is 0.000000212. The highest BCUT2D eigenvalue weighted by atomic mass is 32.2. The van der Waals surface area contributed by atoms with Gasteiger partial charge >= 0.3 is 5.97 Å². The molecule has 0 spiro atoms. The number of aromatic nitrogens is 6. The van der Waals surface area contributed by atoms with E-state index in [4.69, 9.17) is 5.84 Å². The summed E-state index contributed by atoms with van der Waals surface area (Å²) in [5.41, 5.74) is 11.0. The molecule has 432 valence electrons. The van der Waals surface area contributed by atoms with Gasteiger partial charge in [-0.15, -0.1) is 0 Å². The molecule has 2 aromatic carbocycles. The van der Waals surface area contributed by atoms with Crippen molar-refractivity contribution in [3.8, 4) is 0 Å². The van der Waals surface area contributed by atoms with Gasteiger partial charge in [-0.25, -0.2) is 76.0 Å². The largest absolute Gasteiger partial charge is 0.481 e. The molecule has 2 aliphatic rings. The molecule has 2 fully saturated rings. The zero-order valence-electron chi connectivity index (χ0n) is 45.9. The Bertz CT molecular complexity index is 3520. The van der Waals surface area contributed by atoms with Crippen molar-refractivity contribution in [2.45, 2.75) is 104 Å². The zero-order valence-corrected chi connectivity index (χ0v) is 49.1. The lowest BCUT2D eigenvalue weighted by atomic mass is 9.93. The first kappa shape index (κ1) is 62.1. The van der Waals surface area contributed by atoms with Gasteiger partial charge in [0.1, 0.15) is 11.0 Å². The summed E-state index contributed by atoms with van der Waals surface area (Å²) in [6.07, 6.45) is 9.54. The van der Waals surface area contributed by atoms with E-state index in [9.17, 15) is 48.4 Å². The van der Waals surface area contributed by atoms with Crippen LogP contribution >= 0.6 is 0 Å². The van der Waals surface area contributed by atoms with Gasteiger partial charge in [-0.05, 0) is 99.6 Å². The lowest BCUT2D eigenvalue weighted by Crippen LogP contribution is -2.37. The number of hydrogen-bond acceptors (Lipinski definition) is 17. The van der Waals surface area contributed by atoms with Crippen molar-refractivity contribution in [1.29, 1.82) is 0 Å². The molecule has 0 bridgehead atoms. The highest BCUT2D eigenvalue weighted by Gasteiger charge is 2.41. The number of fused-ring (bicyclic) bond motifs is 2. The summed E-state index contributed by atoms with van der Waals surface area (Å²) in [4.78, 5) is 41.5. The number of hydrazine groups is 2. The minimum atomic E-state index is -3.85. The molecule has 6 atom stereocenters. The third kappa shape index (κ3) is 14.6. The molecule has 79 heavy (non-hydrogen) atoms. The van der Waals surface area contributed by atoms with E-state index in [2.05, 4.69) is 36.2 Å². The molecule has 1 amide bonds. The van der Waals surface area contributed by atoms with Gasteiger partial charge in [-0.2, -0.15) is 0 Å². The smallest absolute Gasteiger partial charge is 0.306 e. The number of rotatable bonds is 21. The van der Waals surface area contributed by atoms with Crippen LogP contribution in [0.25, 0.3) is 22.3 Å². The number of anilines is 2. The minimum Gasteiger partial charge on any atom is -0.481 e. The molecule has 2 saturated carbocycles. The van der Waals surface area contributed by atoms with Crippen molar-refractivity contribution < 1.29 is 48.4 Å². The van der Waals surface area contributed by atoms with Crippen LogP contribution in [-0.4, -0.2) is 125 Å². The maximum atomic E-state index is 13.1. The highest BCUT2D eigenvalue weighted by Crippen LogP contribution is 2.41. The van der Waals surface area contributed by atoms with Crippen LogP contribution in [0.4, 0.5) is 11.6 Å². The van der Waals surface area contributed by atoms with E-state index in [0.29, 0.717) is 68.7 Å². The average molecular weight is 1170 g/mol. The molecule has 8 rings (SSSR count). The first-order valence-corrected chi connectivity index (χ1v) is 32.5. The molecule has 2 aliphatic carbocycles. The topological polar surface area (TPSA) is 321 Å². The van der Waals surface area contributed by atoms with Crippen molar-refractivity contribution >= 4 is 85.9 Å². The zero-order chi connectivity index (χ0) is 58.0. The molecule has 0 saturated heterocycles. The van der Waals surface area contributed by atoms with Crippen LogP contribution in [0.15, 0.2) is 95.2 Å². The quantitative estimate of drug-likeness (QED) is 0.0395. The molecule has 4 heterocycles. The predicted molar refractivity (Wildman–Crippen MR) is 303 cm³/mol. The van der Waals surface area contributed by atoms with Crippen LogP contribution in [0.2, 0.25) is 0 Å². The number of carbonyl (C=O) groups is 2. The monoisotopic (exact) mass is 1170 g/mol. The molecular formula is C52H74N12O11S4. The second-order valence-corrected chi connectivity index (χ2v) is 27.5. The molecule has 0 aliphatic heterocycles. The van der Waals surface area contributed by atoms with E-state index < -0.39 is 46.1 Å². The van der Waals surface area contributed by atoms with Crippen LogP contribution in [-0.2, 0) is 49.7 Å². The van der Waals surface area contributed by atoms with E-state index in [1.54, 1.807) is 60.7 Å². The second-order valence-electron chi connectivity index (χ2n) is 19.8. The molecule has 0 radical (unpaired) electrons. The fourth-order valence-electron chi connectivity index (χ4n) is 10.5. The van der Waals surface area contributed by atoms with Gasteiger partial charge in [0.25, 0.3) is 20.0 Å². The van der Waals surface area contributed by atoms with Gasteiger partial charge < -0.3 is 10.5 Å². The Kier molecular flexibility index (Phi) is 20.8. The number of nitrogens with two attached hydrogens (primary N) is 1. The summed E-state index contributed by atoms with van der Waals surface area (Å²) < 4.78 is 106. The number of carboxylic acid groups (broad SMARTS) is 1. The molecule has 6 aromatic rings. The van der Waals surface area contributed by atoms with Crippen LogP contribution in [0, 0.1) is 49.4 Å². The Labute approximate surface area is 464 Å². The van der Waals surface area contributed by atoms with Crippen molar-refractivity contribution in [3.05, 3.63) is 96.6 Å². The SMILES string of the molecule is CCC1CC(CS(=O)(=O)N(CC)CC)CC1C(=O)NNc1cnc2c(ccn2S(=O)(=O)c2ccc(C)cc2)n1.CCC1CC(CS(=O)(=O)N(CC)CC)CC1C(=O)O.Cc1ccc(S(=O)(=O)n2ccc3nc(NN)cnc32)cc1. The van der Waals surface area contributed by atoms with Crippen LogP contribution in [0.1, 0.15) is 91.2 Å². The van der Waals surface area contributed by atoms with Gasteiger partial charge in [-0.3, -0.25) is 20.4 Å². The first-order valence-electron chi connectivity index (χ1n) is 26.4. The van der Waals surface area contributed by atoms with Crippen molar-refractivity contribution in [3.63, 3.8) is 0 Å². The molecular weight excluding hydrogens is 1100 g/mol. The maximum absolute atomic E-state index is 13.1. The number of nitrogens with one attached hydrogen (secondary N) is 3. The van der Waals surface area contributed by atoms with Crippen molar-refractivity contribution in [2.24, 2.45) is 41.4 Å². The minimum absolute atomic E-state index is 0.0170. The van der Waals surface area contributed by atoms with Crippen LogP contribution in [0.3, 0.4) is 0 Å². The summed E-state index contributed by atoms with van der Waals surface area (Å²) in [6.45, 7) is 16.9. The predicted octanol–water partition coefficient (Wildman–Crippen LogP) is 6.20. The number of carboxylic acids is 1. The number of carbonyl (C=O) groups excluding carboxylic acids is 1. The molecule has 4 aromatic heterocycles. The number of aliphatic carboxylic acids is 1. The normalized spacial score (nSPS) is 19.7. The summed E-state index contributed by atoms with van der Waals surface area (Å²) in [5.74, 6) is 4.42. The van der Waals surface area contributed by atoms with Gasteiger partial charge in [0.2, 0.25) is 26.0 Å². The van der Waals surface area contributed by atoms with Gasteiger partial charge in [0.05, 0.1) is 39.6 Å². The second kappa shape index (κ2) is 26.4. The van der Waals surface area contributed by atoms with E-state index in [1.165, 1.54) is 33.4 Å². The number of nitrogens with zero attached hydrogens (tertiary/aromatic N) is 8. The fourth-order valence-corrected chi connectivity index (χ4v) is 16.8. The highest BCUT2D eigenvalue weighted by molar-refractivity contribution is 7.90. The Hall–Kier alpha value is -6.10. The maximum Gasteiger partial charge on any atom is 0.306 e. The number of benzene rings is 2. The molecule has 6 unspecified atom stereocenters. The van der Waals surface area contributed by atoms with E-state index in [1.807, 2.05) is 55.4 Å². The molecule has 23 nitrogen and oxygen atoms in total. The van der Waals surface area contributed by atoms with Crippen molar-refractivity contribution in [2.75, 3.05) is 48.5 Å².